The van der Waals surface area contributed by atoms with Crippen molar-refractivity contribution in [2.75, 3.05) is 59.3 Å². The van der Waals surface area contributed by atoms with Crippen molar-refractivity contribution in [2.45, 2.75) is 58.7 Å². The number of carbonyl (C=O) groups is 2. The molecule has 0 bridgehead atoms. The molecule has 2 amide bonds. The Labute approximate surface area is 279 Å². The van der Waals surface area contributed by atoms with E-state index in [-0.39, 0.29) is 37.2 Å². The second-order valence-electron chi connectivity index (χ2n) is 11.8. The summed E-state index contributed by atoms with van der Waals surface area (Å²) in [5, 5.41) is 17.4. The fourth-order valence-electron chi connectivity index (χ4n) is 5.44. The van der Waals surface area contributed by atoms with Gasteiger partial charge in [-0.25, -0.2) is 4.98 Å². The number of hydrogen-bond donors (Lipinski definition) is 3. The molecule has 1 unspecified atom stereocenters. The smallest absolute Gasteiger partial charge is 0.243 e. The first-order chi connectivity index (χ1) is 22.7. The molecule has 1 aromatic carbocycles. The maximum atomic E-state index is 13.7. The van der Waals surface area contributed by atoms with Gasteiger partial charge in [0, 0.05) is 37.7 Å². The Morgan fingerprint density at radius 2 is 1.79 bits per heavy atom. The molecule has 2 aromatic heterocycles. The van der Waals surface area contributed by atoms with Crippen LogP contribution in [0.15, 0.2) is 34.3 Å². The second-order valence-corrected chi connectivity index (χ2v) is 12.6. The van der Waals surface area contributed by atoms with Crippen molar-refractivity contribution in [2.24, 2.45) is 11.7 Å². The van der Waals surface area contributed by atoms with E-state index < -0.39 is 18.1 Å². The third-order valence-electron chi connectivity index (χ3n) is 7.77. The van der Waals surface area contributed by atoms with E-state index in [1.807, 2.05) is 39.0 Å². The van der Waals surface area contributed by atoms with Crippen LogP contribution in [0.25, 0.3) is 10.4 Å². The van der Waals surface area contributed by atoms with Crippen LogP contribution in [0.3, 0.4) is 0 Å². The van der Waals surface area contributed by atoms with Crippen LogP contribution >= 0.6 is 11.3 Å². The van der Waals surface area contributed by atoms with Gasteiger partial charge in [0.05, 0.1) is 67.5 Å². The van der Waals surface area contributed by atoms with Gasteiger partial charge in [-0.1, -0.05) is 31.1 Å². The highest BCUT2D eigenvalue weighted by Crippen LogP contribution is 2.33. The third kappa shape index (κ3) is 10.3. The van der Waals surface area contributed by atoms with Gasteiger partial charge >= 0.3 is 0 Å². The average Bonchev–Trinajstić information content (AvgIpc) is 3.78. The van der Waals surface area contributed by atoms with Crippen LogP contribution in [-0.2, 0) is 30.3 Å². The van der Waals surface area contributed by atoms with E-state index in [4.69, 9.17) is 29.2 Å². The quantitative estimate of drug-likeness (QED) is 0.160. The molecule has 0 aliphatic carbocycles. The van der Waals surface area contributed by atoms with Crippen molar-refractivity contribution in [3.05, 3.63) is 52.5 Å². The molecule has 1 saturated heterocycles. The number of ether oxygens (including phenoxy) is 4. The summed E-state index contributed by atoms with van der Waals surface area (Å²) in [6.45, 7) is 11.3. The molecule has 4 rings (SSSR count). The minimum absolute atomic E-state index is 0.0671. The molecule has 258 valence electrons. The maximum Gasteiger partial charge on any atom is 0.243 e. The Morgan fingerprint density at radius 1 is 1.09 bits per heavy atom. The van der Waals surface area contributed by atoms with Crippen LogP contribution < -0.4 is 15.8 Å². The Kier molecular flexibility index (Phi) is 14.1. The van der Waals surface area contributed by atoms with Gasteiger partial charge in [-0.05, 0) is 31.4 Å². The van der Waals surface area contributed by atoms with E-state index in [0.29, 0.717) is 70.0 Å². The third-order valence-corrected chi connectivity index (χ3v) is 8.75. The van der Waals surface area contributed by atoms with Crippen molar-refractivity contribution in [3.63, 3.8) is 0 Å². The monoisotopic (exact) mass is 673 g/mol. The number of thiazole rings is 1. The SMILES string of the molecule is Cc1cc(C(C(=O)N2C[C@H](O)C[C@H]2C(=O)NCc2ccc(-c3scnc3C)cc2OCCOCCOCCOCCN)C(C)C)on1. The summed E-state index contributed by atoms with van der Waals surface area (Å²) in [4.78, 5) is 34.1. The van der Waals surface area contributed by atoms with Crippen molar-refractivity contribution in [3.8, 4) is 16.2 Å². The summed E-state index contributed by atoms with van der Waals surface area (Å²) in [6.07, 6.45) is -0.665. The predicted octanol–water partition coefficient (Wildman–Crippen LogP) is 2.82. The first kappa shape index (κ1) is 36.4. The topological polar surface area (TPSA) is 172 Å². The molecule has 14 heteroatoms. The highest BCUT2D eigenvalue weighted by molar-refractivity contribution is 7.13. The zero-order chi connectivity index (χ0) is 33.8. The first-order valence-corrected chi connectivity index (χ1v) is 16.9. The molecule has 0 spiro atoms. The summed E-state index contributed by atoms with van der Waals surface area (Å²) in [7, 11) is 0. The molecule has 4 N–H and O–H groups in total. The maximum absolute atomic E-state index is 13.7. The zero-order valence-corrected chi connectivity index (χ0v) is 28.4. The van der Waals surface area contributed by atoms with Crippen molar-refractivity contribution < 1.29 is 38.2 Å². The fourth-order valence-corrected chi connectivity index (χ4v) is 6.24. The highest BCUT2D eigenvalue weighted by atomic mass is 32.1. The van der Waals surface area contributed by atoms with Crippen LogP contribution in [0, 0.1) is 19.8 Å². The van der Waals surface area contributed by atoms with Gasteiger partial charge in [-0.2, -0.15) is 0 Å². The number of amides is 2. The van der Waals surface area contributed by atoms with Crippen LogP contribution in [0.4, 0.5) is 0 Å². The molecule has 3 heterocycles. The lowest BCUT2D eigenvalue weighted by Gasteiger charge is -2.28. The molecule has 3 atom stereocenters. The van der Waals surface area contributed by atoms with Gasteiger partial charge in [0.15, 0.2) is 0 Å². The number of aromatic nitrogens is 2. The Balaban J connectivity index is 1.37. The minimum Gasteiger partial charge on any atom is -0.491 e. The largest absolute Gasteiger partial charge is 0.491 e. The molecular weight excluding hydrogens is 626 g/mol. The zero-order valence-electron chi connectivity index (χ0n) is 27.6. The van der Waals surface area contributed by atoms with Gasteiger partial charge < -0.3 is 44.5 Å². The molecule has 1 aliphatic heterocycles. The van der Waals surface area contributed by atoms with Crippen LogP contribution in [-0.4, -0.2) is 103 Å². The number of likely N-dealkylation sites (tertiary alicyclic amines) is 1. The van der Waals surface area contributed by atoms with E-state index >= 15 is 0 Å². The number of hydrogen-bond acceptors (Lipinski definition) is 12. The lowest BCUT2D eigenvalue weighted by molar-refractivity contribution is -0.141. The number of benzene rings is 1. The van der Waals surface area contributed by atoms with Crippen LogP contribution in [0.1, 0.15) is 48.9 Å². The Bertz CT molecular complexity index is 1430. The van der Waals surface area contributed by atoms with E-state index in [1.165, 1.54) is 4.90 Å². The average molecular weight is 674 g/mol. The fraction of sp³-hybridized carbons (Fsp3) is 0.576. The lowest BCUT2D eigenvalue weighted by Crippen LogP contribution is -2.48. The van der Waals surface area contributed by atoms with Gasteiger partial charge in [0.25, 0.3) is 0 Å². The molecule has 0 radical (unpaired) electrons. The summed E-state index contributed by atoms with van der Waals surface area (Å²) in [6, 6.07) is 6.74. The summed E-state index contributed by atoms with van der Waals surface area (Å²) >= 11 is 1.54. The number of aliphatic hydroxyl groups is 1. The Morgan fingerprint density at radius 3 is 2.40 bits per heavy atom. The van der Waals surface area contributed by atoms with Gasteiger partial charge in [0.1, 0.15) is 30.1 Å². The molecule has 0 saturated carbocycles. The van der Waals surface area contributed by atoms with Gasteiger partial charge in [-0.3, -0.25) is 9.59 Å². The summed E-state index contributed by atoms with van der Waals surface area (Å²) in [5.41, 5.74) is 10.5. The normalized spacial score (nSPS) is 17.0. The van der Waals surface area contributed by atoms with E-state index in [1.54, 1.807) is 29.8 Å². The summed E-state index contributed by atoms with van der Waals surface area (Å²) in [5.74, 6) is -0.293. The number of nitrogens with zero attached hydrogens (tertiary/aromatic N) is 3. The van der Waals surface area contributed by atoms with E-state index in [9.17, 15) is 14.7 Å². The molecule has 13 nitrogen and oxygen atoms in total. The highest BCUT2D eigenvalue weighted by Gasteiger charge is 2.43. The van der Waals surface area contributed by atoms with Crippen molar-refractivity contribution >= 4 is 23.2 Å². The number of nitrogens with one attached hydrogen (secondary N) is 1. The lowest BCUT2D eigenvalue weighted by atomic mass is 9.91. The minimum atomic E-state index is -0.825. The number of aliphatic hydroxyl groups excluding tert-OH is 1. The molecule has 1 fully saturated rings. The predicted molar refractivity (Wildman–Crippen MR) is 176 cm³/mol. The number of rotatable bonds is 19. The van der Waals surface area contributed by atoms with Crippen LogP contribution in [0.2, 0.25) is 0 Å². The van der Waals surface area contributed by atoms with E-state index in [2.05, 4.69) is 15.5 Å². The first-order valence-electron chi connectivity index (χ1n) is 16.0. The number of carbonyl (C=O) groups excluding carboxylic acids is 2. The number of nitrogens with two attached hydrogens (primary N) is 1. The van der Waals surface area contributed by atoms with Crippen molar-refractivity contribution in [1.82, 2.24) is 20.4 Å². The number of β-amino-alcohol motifs (C(OH)–C–C–N with tert-alkyl or cyclic N) is 1. The number of aryl methyl sites for hydroxylation is 2. The second kappa shape index (κ2) is 18.2. The van der Waals surface area contributed by atoms with E-state index in [0.717, 1.165) is 21.7 Å². The van der Waals surface area contributed by atoms with Gasteiger partial charge in [-0.15, -0.1) is 11.3 Å². The standard InChI is InChI=1S/C33H47N5O8S/c1-21(2)30(29-15-22(3)37-46-29)33(41)38-19-26(39)17-27(38)32(40)35-18-25-6-5-24(31-23(4)36-20-47-31)16-28(25)45-14-13-44-12-11-43-10-9-42-8-7-34/h5-6,15-16,20-21,26-27,30,39H,7-14,17-19,34H2,1-4H3,(H,35,40)/t26-,27+,30?/m1/s1. The summed E-state index contributed by atoms with van der Waals surface area (Å²) < 4.78 is 28.0. The Hall–Kier alpha value is -3.40. The molecule has 47 heavy (non-hydrogen) atoms. The molecule has 1 aliphatic rings. The van der Waals surface area contributed by atoms with Crippen molar-refractivity contribution in [1.29, 1.82) is 0 Å². The van der Waals surface area contributed by atoms with Crippen LogP contribution in [0.5, 0.6) is 5.75 Å². The van der Waals surface area contributed by atoms with Gasteiger partial charge in [0.2, 0.25) is 11.8 Å². The molecular formula is C33H47N5O8S. The molecule has 3 aromatic rings.